The fourth-order valence-corrected chi connectivity index (χ4v) is 1.49. The molecule has 0 bridgehead atoms. The Hall–Kier alpha value is -1.14. The average Bonchev–Trinajstić information content (AvgIpc) is 2.50. The number of rotatable bonds is 4. The third-order valence-electron chi connectivity index (χ3n) is 2.44. The molecule has 0 spiro atoms. The Kier molecular flexibility index (Phi) is 4.05. The van der Waals surface area contributed by atoms with E-state index in [1.807, 2.05) is 6.92 Å². The first kappa shape index (κ1) is 11.9. The second-order valence-corrected chi connectivity index (χ2v) is 3.68. The van der Waals surface area contributed by atoms with Gasteiger partial charge in [-0.1, -0.05) is 0 Å². The van der Waals surface area contributed by atoms with Gasteiger partial charge in [0.25, 0.3) is 0 Å². The summed E-state index contributed by atoms with van der Waals surface area (Å²) in [6, 6.07) is -1.05. The minimum absolute atomic E-state index is 0.0361. The van der Waals surface area contributed by atoms with Crippen LogP contribution in [-0.2, 0) is 14.3 Å². The highest BCUT2D eigenvalue weighted by atomic mass is 16.5. The van der Waals surface area contributed by atoms with Crippen molar-refractivity contribution in [1.29, 1.82) is 0 Å². The van der Waals surface area contributed by atoms with Gasteiger partial charge in [-0.05, 0) is 13.3 Å². The molecule has 0 aliphatic carbocycles. The number of nitrogens with one attached hydrogen (secondary N) is 1. The fraction of sp³-hybridized carbons (Fsp3) is 0.778. The Morgan fingerprint density at radius 1 is 1.67 bits per heavy atom. The predicted molar refractivity (Wildman–Crippen MR) is 52.2 cm³/mol. The normalized spacial score (nSPS) is 27.3. The van der Waals surface area contributed by atoms with Crippen LogP contribution in [0.25, 0.3) is 0 Å². The fourth-order valence-electron chi connectivity index (χ4n) is 1.49. The van der Waals surface area contributed by atoms with Gasteiger partial charge in [0.05, 0.1) is 24.6 Å². The molecule has 0 aromatic rings. The van der Waals surface area contributed by atoms with E-state index in [2.05, 4.69) is 5.32 Å². The molecule has 1 heterocycles. The molecule has 1 fully saturated rings. The third-order valence-corrected chi connectivity index (χ3v) is 2.44. The van der Waals surface area contributed by atoms with Gasteiger partial charge in [-0.3, -0.25) is 9.59 Å². The summed E-state index contributed by atoms with van der Waals surface area (Å²) < 4.78 is 5.26. The molecule has 1 amide bonds. The van der Waals surface area contributed by atoms with Gasteiger partial charge in [-0.15, -0.1) is 0 Å². The lowest BCUT2D eigenvalue weighted by Gasteiger charge is -2.18. The van der Waals surface area contributed by atoms with E-state index in [1.165, 1.54) is 0 Å². The van der Waals surface area contributed by atoms with Crippen LogP contribution < -0.4 is 11.1 Å². The van der Waals surface area contributed by atoms with Crippen molar-refractivity contribution in [3.05, 3.63) is 0 Å². The van der Waals surface area contributed by atoms with Crippen LogP contribution in [-0.4, -0.2) is 41.8 Å². The second kappa shape index (κ2) is 5.09. The van der Waals surface area contributed by atoms with Crippen molar-refractivity contribution in [3.63, 3.8) is 0 Å². The molecule has 0 saturated carbocycles. The van der Waals surface area contributed by atoms with Crippen LogP contribution in [0.3, 0.4) is 0 Å². The molecule has 1 saturated heterocycles. The first-order valence-electron chi connectivity index (χ1n) is 4.90. The van der Waals surface area contributed by atoms with Crippen molar-refractivity contribution in [2.45, 2.75) is 38.0 Å². The number of amides is 1. The number of hydrogen-bond donors (Lipinski definition) is 3. The van der Waals surface area contributed by atoms with Gasteiger partial charge in [0, 0.05) is 6.61 Å². The van der Waals surface area contributed by atoms with E-state index >= 15 is 0 Å². The Morgan fingerprint density at radius 3 is 2.80 bits per heavy atom. The van der Waals surface area contributed by atoms with E-state index in [0.29, 0.717) is 6.61 Å². The molecule has 15 heavy (non-hydrogen) atoms. The molecule has 1 aliphatic rings. The highest BCUT2D eigenvalue weighted by Crippen LogP contribution is 2.12. The summed E-state index contributed by atoms with van der Waals surface area (Å²) in [5.74, 6) is -1.51. The van der Waals surface area contributed by atoms with E-state index in [1.54, 1.807) is 0 Å². The summed E-state index contributed by atoms with van der Waals surface area (Å²) >= 11 is 0. The molecule has 4 N–H and O–H groups in total. The number of carboxylic acids is 1. The van der Waals surface area contributed by atoms with Crippen LogP contribution in [0.4, 0.5) is 0 Å². The van der Waals surface area contributed by atoms with Crippen LogP contribution in [0.1, 0.15) is 19.8 Å². The zero-order valence-corrected chi connectivity index (χ0v) is 8.60. The van der Waals surface area contributed by atoms with Crippen LogP contribution in [0.5, 0.6) is 0 Å². The number of carboxylic acid groups (broad SMARTS) is 1. The lowest BCUT2D eigenvalue weighted by molar-refractivity contribution is -0.139. The van der Waals surface area contributed by atoms with E-state index in [4.69, 9.17) is 15.6 Å². The van der Waals surface area contributed by atoms with Gasteiger partial charge in [0.15, 0.2) is 0 Å². The number of nitrogens with two attached hydrogens (primary N) is 1. The van der Waals surface area contributed by atoms with Gasteiger partial charge in [-0.25, -0.2) is 0 Å². The van der Waals surface area contributed by atoms with Crippen molar-refractivity contribution in [3.8, 4) is 0 Å². The smallest absolute Gasteiger partial charge is 0.305 e. The van der Waals surface area contributed by atoms with E-state index < -0.39 is 17.9 Å². The number of hydrogen-bond acceptors (Lipinski definition) is 4. The van der Waals surface area contributed by atoms with Crippen molar-refractivity contribution in [2.24, 2.45) is 5.73 Å². The standard InChI is InChI=1S/C9H16N2O4/c1-5-7(2-3-15-5)11-9(14)6(10)4-8(12)13/h5-7H,2-4,10H2,1H3,(H,11,14)(H,12,13). The molecule has 1 rings (SSSR count). The highest BCUT2D eigenvalue weighted by molar-refractivity contribution is 5.86. The zero-order valence-electron chi connectivity index (χ0n) is 8.60. The highest BCUT2D eigenvalue weighted by Gasteiger charge is 2.27. The first-order chi connectivity index (χ1) is 7.00. The lowest BCUT2D eigenvalue weighted by atomic mass is 10.1. The van der Waals surface area contributed by atoms with Gasteiger partial charge in [-0.2, -0.15) is 0 Å². The third kappa shape index (κ3) is 3.49. The zero-order chi connectivity index (χ0) is 11.4. The quantitative estimate of drug-likeness (QED) is 0.564. The number of aliphatic carboxylic acids is 1. The molecule has 6 nitrogen and oxygen atoms in total. The first-order valence-corrected chi connectivity index (χ1v) is 4.90. The minimum Gasteiger partial charge on any atom is -0.481 e. The summed E-state index contributed by atoms with van der Waals surface area (Å²) in [5.41, 5.74) is 5.41. The molecule has 86 valence electrons. The van der Waals surface area contributed by atoms with E-state index in [-0.39, 0.29) is 18.6 Å². The molecular formula is C9H16N2O4. The molecule has 3 atom stereocenters. The minimum atomic E-state index is -1.08. The largest absolute Gasteiger partial charge is 0.481 e. The van der Waals surface area contributed by atoms with Crippen LogP contribution in [0.2, 0.25) is 0 Å². The van der Waals surface area contributed by atoms with Crippen LogP contribution >= 0.6 is 0 Å². The second-order valence-electron chi connectivity index (χ2n) is 3.68. The maximum Gasteiger partial charge on any atom is 0.305 e. The van der Waals surface area contributed by atoms with Crippen molar-refractivity contribution in [1.82, 2.24) is 5.32 Å². The maximum atomic E-state index is 11.4. The summed E-state index contributed by atoms with van der Waals surface area (Å²) in [7, 11) is 0. The molecule has 0 radical (unpaired) electrons. The SMILES string of the molecule is CC1OCCC1NC(=O)C(N)CC(=O)O. The maximum absolute atomic E-state index is 11.4. The van der Waals surface area contributed by atoms with Crippen molar-refractivity contribution >= 4 is 11.9 Å². The van der Waals surface area contributed by atoms with E-state index in [0.717, 1.165) is 6.42 Å². The molecule has 0 aromatic heterocycles. The molecule has 6 heteroatoms. The topological polar surface area (TPSA) is 102 Å². The summed E-state index contributed by atoms with van der Waals surface area (Å²) in [5, 5.41) is 11.1. The Labute approximate surface area is 87.8 Å². The Balaban J connectivity index is 2.37. The predicted octanol–water partition coefficient (Wildman–Crippen LogP) is -0.918. The molecular weight excluding hydrogens is 200 g/mol. The van der Waals surface area contributed by atoms with Gasteiger partial charge in [0.2, 0.25) is 5.91 Å². The molecule has 3 unspecified atom stereocenters. The van der Waals surface area contributed by atoms with Crippen LogP contribution in [0.15, 0.2) is 0 Å². The monoisotopic (exact) mass is 216 g/mol. The average molecular weight is 216 g/mol. The Morgan fingerprint density at radius 2 is 2.33 bits per heavy atom. The number of carbonyl (C=O) groups is 2. The van der Waals surface area contributed by atoms with Gasteiger partial charge in [0.1, 0.15) is 0 Å². The lowest BCUT2D eigenvalue weighted by Crippen LogP contribution is -2.48. The Bertz CT molecular complexity index is 256. The van der Waals surface area contributed by atoms with Crippen molar-refractivity contribution < 1.29 is 19.4 Å². The van der Waals surface area contributed by atoms with Gasteiger partial charge < -0.3 is 20.9 Å². The number of ether oxygens (including phenoxy) is 1. The molecule has 1 aliphatic heterocycles. The van der Waals surface area contributed by atoms with Gasteiger partial charge >= 0.3 is 5.97 Å². The summed E-state index contributed by atoms with van der Waals surface area (Å²) in [6.45, 7) is 2.47. The summed E-state index contributed by atoms with van der Waals surface area (Å²) in [4.78, 5) is 21.8. The molecule has 0 aromatic carbocycles. The summed E-state index contributed by atoms with van der Waals surface area (Å²) in [6.07, 6.45) is 0.353. The van der Waals surface area contributed by atoms with Crippen LogP contribution in [0, 0.1) is 0 Å². The van der Waals surface area contributed by atoms with Crippen molar-refractivity contribution in [2.75, 3.05) is 6.61 Å². The number of carbonyl (C=O) groups excluding carboxylic acids is 1. The van der Waals surface area contributed by atoms with E-state index in [9.17, 15) is 9.59 Å².